The maximum atomic E-state index is 11.3. The van der Waals surface area contributed by atoms with E-state index in [0.717, 1.165) is 20.4 Å². The largest absolute Gasteiger partial charge is 0.497 e. The van der Waals surface area contributed by atoms with E-state index >= 15 is 0 Å². The number of methoxy groups -OCH3 is 1. The molecule has 98 valence electrons. The van der Waals surface area contributed by atoms with Crippen molar-refractivity contribution in [2.24, 2.45) is 0 Å². The van der Waals surface area contributed by atoms with E-state index in [2.05, 4.69) is 0 Å². The molecule has 0 unspecified atom stereocenters. The number of ether oxygens (including phenoxy) is 1. The maximum Gasteiger partial charge on any atom is 0.118 e. The number of hydrogen-bond donors (Lipinski definition) is 0. The van der Waals surface area contributed by atoms with E-state index in [-0.39, 0.29) is 0 Å². The molecule has 0 bridgehead atoms. The molecule has 0 aromatic heterocycles. The summed E-state index contributed by atoms with van der Waals surface area (Å²) in [5, 5.41) is 0. The summed E-state index contributed by atoms with van der Waals surface area (Å²) in [6, 6.07) is 15.7. The van der Waals surface area contributed by atoms with Crippen molar-refractivity contribution in [2.45, 2.75) is 11.8 Å². The molecule has 0 heterocycles. The van der Waals surface area contributed by atoms with Crippen LogP contribution in [-0.4, -0.2) is 15.5 Å². The fourth-order valence-electron chi connectivity index (χ4n) is 1.56. The molecule has 0 saturated heterocycles. The van der Waals surface area contributed by atoms with Crippen molar-refractivity contribution in [3.8, 4) is 5.75 Å². The summed E-state index contributed by atoms with van der Waals surface area (Å²) in [7, 11) is 1.63. The van der Waals surface area contributed by atoms with Crippen LogP contribution in [0, 0.1) is 6.92 Å². The summed E-state index contributed by atoms with van der Waals surface area (Å²) in [5.41, 5.74) is 2.14. The molecule has 4 heteroatoms. The Labute approximate surface area is 120 Å². The summed E-state index contributed by atoms with van der Waals surface area (Å²) in [4.78, 5) is 1.07. The van der Waals surface area contributed by atoms with Gasteiger partial charge in [0, 0.05) is 10.5 Å². The highest BCUT2D eigenvalue weighted by Crippen LogP contribution is 2.24. The van der Waals surface area contributed by atoms with E-state index in [1.807, 2.05) is 55.5 Å². The zero-order valence-electron chi connectivity index (χ0n) is 10.8. The zero-order valence-corrected chi connectivity index (χ0v) is 12.4. The smallest absolute Gasteiger partial charge is 0.118 e. The van der Waals surface area contributed by atoms with Gasteiger partial charge in [0.2, 0.25) is 0 Å². The second kappa shape index (κ2) is 6.59. The number of hydrogen-bond acceptors (Lipinski definition) is 3. The quantitative estimate of drug-likeness (QED) is 0.639. The van der Waals surface area contributed by atoms with Gasteiger partial charge in [-0.2, -0.15) is 0 Å². The van der Waals surface area contributed by atoms with Gasteiger partial charge in [0.1, 0.15) is 21.2 Å². The average Bonchev–Trinajstić information content (AvgIpc) is 2.47. The van der Waals surface area contributed by atoms with Gasteiger partial charge in [-0.05, 0) is 43.3 Å². The standard InChI is InChI=1S/C15H14O2S2/c1-11-3-9-14(10-4-11)18-15(19-16)12-5-7-13(17-2)8-6-12/h3-10H,1-2H3. The third-order valence-electron chi connectivity index (χ3n) is 2.63. The molecule has 0 fully saturated rings. The molecule has 0 aliphatic heterocycles. The molecule has 0 saturated carbocycles. The van der Waals surface area contributed by atoms with Gasteiger partial charge in [-0.1, -0.05) is 29.5 Å². The van der Waals surface area contributed by atoms with Crippen LogP contribution in [0.5, 0.6) is 5.75 Å². The highest BCUT2D eigenvalue weighted by atomic mass is 32.2. The number of rotatable bonds is 3. The Morgan fingerprint density at radius 2 is 1.63 bits per heavy atom. The number of benzene rings is 2. The molecule has 2 aromatic carbocycles. The van der Waals surface area contributed by atoms with Crippen LogP contribution in [0.1, 0.15) is 11.1 Å². The van der Waals surface area contributed by atoms with Crippen molar-refractivity contribution in [1.29, 1.82) is 0 Å². The predicted octanol–water partition coefficient (Wildman–Crippen LogP) is 3.49. The number of thioether (sulfide) groups is 1. The molecule has 2 nitrogen and oxygen atoms in total. The van der Waals surface area contributed by atoms with Crippen LogP contribution in [0.25, 0.3) is 0 Å². The molecule has 2 aromatic rings. The summed E-state index contributed by atoms with van der Waals surface area (Å²) in [5.74, 6) is 0.791. The van der Waals surface area contributed by atoms with E-state index in [9.17, 15) is 4.21 Å². The van der Waals surface area contributed by atoms with Gasteiger partial charge in [0.15, 0.2) is 0 Å². The Morgan fingerprint density at radius 1 is 1.00 bits per heavy atom. The van der Waals surface area contributed by atoms with Crippen molar-refractivity contribution in [2.75, 3.05) is 7.11 Å². The molecule has 0 spiro atoms. The Balaban J connectivity index is 2.20. The molecular formula is C15H14O2S2. The number of aryl methyl sites for hydroxylation is 1. The van der Waals surface area contributed by atoms with Gasteiger partial charge in [0.25, 0.3) is 0 Å². The minimum absolute atomic E-state index is 0.524. The molecule has 0 aliphatic rings. The summed E-state index contributed by atoms with van der Waals surface area (Å²) >= 11 is 2.01. The second-order valence-electron chi connectivity index (χ2n) is 4.01. The van der Waals surface area contributed by atoms with Crippen molar-refractivity contribution >= 4 is 27.2 Å². The Morgan fingerprint density at radius 3 is 2.16 bits per heavy atom. The summed E-state index contributed by atoms with van der Waals surface area (Å²) < 4.78 is 17.1. The first kappa shape index (κ1) is 13.9. The van der Waals surface area contributed by atoms with Crippen molar-refractivity contribution in [3.05, 3.63) is 59.7 Å². The van der Waals surface area contributed by atoms with Crippen LogP contribution in [0.3, 0.4) is 0 Å². The molecular weight excluding hydrogens is 276 g/mol. The van der Waals surface area contributed by atoms with Crippen molar-refractivity contribution in [1.82, 2.24) is 0 Å². The van der Waals surface area contributed by atoms with Crippen LogP contribution in [0.4, 0.5) is 0 Å². The topological polar surface area (TPSA) is 26.3 Å². The first-order valence-electron chi connectivity index (χ1n) is 5.78. The zero-order chi connectivity index (χ0) is 13.7. The Bertz CT molecular complexity index is 597. The Hall–Kier alpha value is -1.52. The molecule has 0 amide bonds. The average molecular weight is 290 g/mol. The van der Waals surface area contributed by atoms with Gasteiger partial charge in [-0.3, -0.25) is 0 Å². The fourth-order valence-corrected chi connectivity index (χ4v) is 2.96. The maximum absolute atomic E-state index is 11.3. The lowest BCUT2D eigenvalue weighted by molar-refractivity contribution is 0.415. The SMILES string of the molecule is COc1ccc(C(Sc2ccc(C)cc2)=S=O)cc1. The van der Waals surface area contributed by atoms with Gasteiger partial charge in [0.05, 0.1) is 7.11 Å². The van der Waals surface area contributed by atoms with Gasteiger partial charge >= 0.3 is 0 Å². The van der Waals surface area contributed by atoms with Crippen molar-refractivity contribution < 1.29 is 8.95 Å². The highest BCUT2D eigenvalue weighted by Gasteiger charge is 2.06. The van der Waals surface area contributed by atoms with E-state index in [4.69, 9.17) is 4.74 Å². The van der Waals surface area contributed by atoms with Crippen LogP contribution in [-0.2, 0) is 11.3 Å². The van der Waals surface area contributed by atoms with E-state index < -0.39 is 0 Å². The van der Waals surface area contributed by atoms with E-state index in [0.29, 0.717) is 11.3 Å². The van der Waals surface area contributed by atoms with Crippen LogP contribution in [0.2, 0.25) is 0 Å². The van der Waals surface area contributed by atoms with Crippen molar-refractivity contribution in [3.63, 3.8) is 0 Å². The third kappa shape index (κ3) is 3.72. The lowest BCUT2D eigenvalue weighted by atomic mass is 10.2. The fraction of sp³-hybridized carbons (Fsp3) is 0.133. The molecule has 0 aliphatic carbocycles. The lowest BCUT2D eigenvalue weighted by Crippen LogP contribution is -1.95. The molecule has 0 N–H and O–H groups in total. The molecule has 19 heavy (non-hydrogen) atoms. The van der Waals surface area contributed by atoms with Gasteiger partial charge in [-0.15, -0.1) is 0 Å². The third-order valence-corrected chi connectivity index (χ3v) is 4.40. The Kier molecular flexibility index (Phi) is 4.82. The van der Waals surface area contributed by atoms with Crippen LogP contribution in [0.15, 0.2) is 53.4 Å². The summed E-state index contributed by atoms with van der Waals surface area (Å²) in [6.07, 6.45) is 0. The normalized spacial score (nSPS) is 10.0. The first-order valence-corrected chi connectivity index (χ1v) is 7.34. The van der Waals surface area contributed by atoms with Crippen LogP contribution >= 0.6 is 11.8 Å². The minimum atomic E-state index is 0.524. The van der Waals surface area contributed by atoms with Crippen LogP contribution < -0.4 is 4.74 Å². The summed E-state index contributed by atoms with van der Waals surface area (Å²) in [6.45, 7) is 2.05. The van der Waals surface area contributed by atoms with Gasteiger partial charge in [-0.25, -0.2) is 4.21 Å². The van der Waals surface area contributed by atoms with E-state index in [1.54, 1.807) is 7.11 Å². The molecule has 0 atom stereocenters. The first-order chi connectivity index (χ1) is 9.22. The second-order valence-corrected chi connectivity index (χ2v) is 5.93. The van der Waals surface area contributed by atoms with E-state index in [1.165, 1.54) is 17.3 Å². The molecule has 0 radical (unpaired) electrons. The lowest BCUT2D eigenvalue weighted by Gasteiger charge is -2.05. The minimum Gasteiger partial charge on any atom is -0.497 e. The predicted molar refractivity (Wildman–Crippen MR) is 82.3 cm³/mol. The van der Waals surface area contributed by atoms with Gasteiger partial charge < -0.3 is 4.74 Å². The molecule has 2 rings (SSSR count). The monoisotopic (exact) mass is 290 g/mol. The highest BCUT2D eigenvalue weighted by molar-refractivity contribution is 8.21.